The number of piperidine rings is 1. The third kappa shape index (κ3) is 4.08. The average molecular weight is 388 g/mol. The van der Waals surface area contributed by atoms with E-state index in [-0.39, 0.29) is 17.6 Å². The Morgan fingerprint density at radius 1 is 1.00 bits per heavy atom. The van der Waals surface area contributed by atoms with Gasteiger partial charge in [0, 0.05) is 30.1 Å². The summed E-state index contributed by atoms with van der Waals surface area (Å²) in [5.74, 6) is 0.802. The van der Waals surface area contributed by atoms with E-state index in [1.54, 1.807) is 17.0 Å². The van der Waals surface area contributed by atoms with Gasteiger partial charge in [-0.3, -0.25) is 9.59 Å². The number of carbonyl (C=O) groups is 2. The quantitative estimate of drug-likeness (QED) is 0.725. The molecule has 3 rings (SSSR count). The lowest BCUT2D eigenvalue weighted by atomic mass is 9.88. The van der Waals surface area contributed by atoms with Crippen molar-refractivity contribution in [1.82, 2.24) is 4.90 Å². The van der Waals surface area contributed by atoms with Crippen LogP contribution in [-0.4, -0.2) is 43.9 Å². The highest BCUT2D eigenvalue weighted by atomic mass is 35.5. The number of likely N-dealkylation sites (tertiary alicyclic amines) is 1. The number of ketones is 1. The molecule has 1 aliphatic heterocycles. The molecule has 0 aliphatic carbocycles. The minimum Gasteiger partial charge on any atom is -0.493 e. The van der Waals surface area contributed by atoms with E-state index in [0.717, 1.165) is 5.56 Å². The highest BCUT2D eigenvalue weighted by Gasteiger charge is 2.29. The molecule has 0 spiro atoms. The number of methoxy groups -OCH3 is 2. The van der Waals surface area contributed by atoms with Gasteiger partial charge in [0.05, 0.1) is 19.2 Å². The molecule has 0 radical (unpaired) electrons. The Kier molecular flexibility index (Phi) is 6.01. The summed E-state index contributed by atoms with van der Waals surface area (Å²) in [7, 11) is 3.00. The summed E-state index contributed by atoms with van der Waals surface area (Å²) < 4.78 is 10.5. The smallest absolute Gasteiger partial charge is 0.254 e. The molecule has 0 saturated carbocycles. The second-order valence-corrected chi connectivity index (χ2v) is 6.90. The van der Waals surface area contributed by atoms with Crippen molar-refractivity contribution in [3.8, 4) is 11.5 Å². The number of nitrogens with zero attached hydrogens (tertiary/aromatic N) is 1. The van der Waals surface area contributed by atoms with Crippen LogP contribution in [0.3, 0.4) is 0 Å². The van der Waals surface area contributed by atoms with Gasteiger partial charge in [0.15, 0.2) is 17.3 Å². The zero-order valence-electron chi connectivity index (χ0n) is 15.4. The van der Waals surface area contributed by atoms with Gasteiger partial charge in [0.1, 0.15) is 0 Å². The lowest BCUT2D eigenvalue weighted by Crippen LogP contribution is -2.40. The first-order chi connectivity index (χ1) is 13.0. The molecule has 5 nitrogen and oxygen atoms in total. The molecule has 0 N–H and O–H groups in total. The summed E-state index contributed by atoms with van der Waals surface area (Å²) in [6.07, 6.45) is 1.31. The molecule has 1 amide bonds. The maximum Gasteiger partial charge on any atom is 0.254 e. The first-order valence-corrected chi connectivity index (χ1v) is 9.23. The molecule has 2 aromatic carbocycles. The lowest BCUT2D eigenvalue weighted by molar-refractivity contribution is 0.0650. The fourth-order valence-corrected chi connectivity index (χ4v) is 3.69. The van der Waals surface area contributed by atoms with E-state index in [0.29, 0.717) is 48.0 Å². The molecule has 1 fully saturated rings. The van der Waals surface area contributed by atoms with E-state index in [1.807, 2.05) is 30.3 Å². The highest BCUT2D eigenvalue weighted by molar-refractivity contribution is 6.32. The van der Waals surface area contributed by atoms with E-state index in [1.165, 1.54) is 14.2 Å². The molecule has 0 aromatic heterocycles. The van der Waals surface area contributed by atoms with Crippen molar-refractivity contribution >= 4 is 23.3 Å². The number of halogens is 1. The number of rotatable bonds is 5. The van der Waals surface area contributed by atoms with E-state index < -0.39 is 0 Å². The Hall–Kier alpha value is -2.53. The van der Waals surface area contributed by atoms with Gasteiger partial charge in [-0.25, -0.2) is 0 Å². The van der Waals surface area contributed by atoms with Gasteiger partial charge in [-0.2, -0.15) is 0 Å². The number of Topliss-reactive ketones (excluding diaryl/α,β-unsaturated/α-hetero) is 1. The molecule has 0 atom stereocenters. The van der Waals surface area contributed by atoms with Gasteiger partial charge in [0.2, 0.25) is 0 Å². The minimum absolute atomic E-state index is 0.0505. The van der Waals surface area contributed by atoms with E-state index in [9.17, 15) is 9.59 Å². The molecular weight excluding hydrogens is 366 g/mol. The molecule has 1 aliphatic rings. The van der Waals surface area contributed by atoms with Crippen LogP contribution < -0.4 is 9.47 Å². The van der Waals surface area contributed by atoms with Crippen LogP contribution in [0, 0.1) is 5.92 Å². The SMILES string of the molecule is COc1cc(C(=O)N2CCC(C(=O)c3ccccc3)CC2)cc(Cl)c1OC. The lowest BCUT2D eigenvalue weighted by Gasteiger charge is -2.31. The van der Waals surface area contributed by atoms with Crippen molar-refractivity contribution in [2.75, 3.05) is 27.3 Å². The summed E-state index contributed by atoms with van der Waals surface area (Å²) >= 11 is 6.21. The fourth-order valence-electron chi connectivity index (χ4n) is 3.41. The molecule has 1 saturated heterocycles. The van der Waals surface area contributed by atoms with Crippen LogP contribution >= 0.6 is 11.6 Å². The number of hydrogen-bond acceptors (Lipinski definition) is 4. The number of benzene rings is 2. The van der Waals surface area contributed by atoms with Gasteiger partial charge in [-0.1, -0.05) is 41.9 Å². The summed E-state index contributed by atoms with van der Waals surface area (Å²) in [4.78, 5) is 27.2. The summed E-state index contributed by atoms with van der Waals surface area (Å²) in [6, 6.07) is 12.5. The van der Waals surface area contributed by atoms with Crippen molar-refractivity contribution in [1.29, 1.82) is 0 Å². The largest absolute Gasteiger partial charge is 0.493 e. The first-order valence-electron chi connectivity index (χ1n) is 8.85. The van der Waals surface area contributed by atoms with Crippen molar-refractivity contribution < 1.29 is 19.1 Å². The molecular formula is C21H22ClNO4. The van der Waals surface area contributed by atoms with Crippen molar-refractivity contribution in [3.63, 3.8) is 0 Å². The zero-order chi connectivity index (χ0) is 19.4. The van der Waals surface area contributed by atoms with Crippen LogP contribution in [0.25, 0.3) is 0 Å². The standard InChI is InChI=1S/C21H22ClNO4/c1-26-18-13-16(12-17(22)20(18)27-2)21(25)23-10-8-15(9-11-23)19(24)14-6-4-3-5-7-14/h3-7,12-13,15H,8-11H2,1-2H3. The third-order valence-corrected chi connectivity index (χ3v) is 5.17. The Balaban J connectivity index is 1.68. The highest BCUT2D eigenvalue weighted by Crippen LogP contribution is 2.36. The van der Waals surface area contributed by atoms with Crippen molar-refractivity contribution in [2.24, 2.45) is 5.92 Å². The summed E-state index contributed by atoms with van der Waals surface area (Å²) in [5.41, 5.74) is 1.18. The van der Waals surface area contributed by atoms with Crippen LogP contribution in [0.15, 0.2) is 42.5 Å². The number of carbonyl (C=O) groups excluding carboxylic acids is 2. The van der Waals surface area contributed by atoms with Gasteiger partial charge >= 0.3 is 0 Å². The molecule has 142 valence electrons. The maximum absolute atomic E-state index is 12.9. The van der Waals surface area contributed by atoms with Crippen LogP contribution in [-0.2, 0) is 0 Å². The van der Waals surface area contributed by atoms with E-state index in [2.05, 4.69) is 0 Å². The normalized spacial score (nSPS) is 14.7. The minimum atomic E-state index is -0.122. The topological polar surface area (TPSA) is 55.8 Å². The van der Waals surface area contributed by atoms with Crippen LogP contribution in [0.4, 0.5) is 0 Å². The first kappa shape index (κ1) is 19.2. The molecule has 0 bridgehead atoms. The van der Waals surface area contributed by atoms with Crippen molar-refractivity contribution in [2.45, 2.75) is 12.8 Å². The summed E-state index contributed by atoms with van der Waals surface area (Å²) in [5, 5.41) is 0.328. The molecule has 27 heavy (non-hydrogen) atoms. The number of hydrogen-bond donors (Lipinski definition) is 0. The predicted molar refractivity (Wildman–Crippen MR) is 104 cm³/mol. The van der Waals surface area contributed by atoms with Gasteiger partial charge < -0.3 is 14.4 Å². The van der Waals surface area contributed by atoms with E-state index >= 15 is 0 Å². The Morgan fingerprint density at radius 2 is 1.67 bits per heavy atom. The van der Waals surface area contributed by atoms with Crippen LogP contribution in [0.1, 0.15) is 33.6 Å². The molecule has 6 heteroatoms. The van der Waals surface area contributed by atoms with Crippen molar-refractivity contribution in [3.05, 3.63) is 58.6 Å². The monoisotopic (exact) mass is 387 g/mol. The second kappa shape index (κ2) is 8.44. The predicted octanol–water partition coefficient (Wildman–Crippen LogP) is 4.09. The third-order valence-electron chi connectivity index (χ3n) is 4.89. The average Bonchev–Trinajstić information content (AvgIpc) is 2.72. The van der Waals surface area contributed by atoms with Gasteiger partial charge in [-0.05, 0) is 25.0 Å². The Morgan fingerprint density at radius 3 is 2.26 bits per heavy atom. The van der Waals surface area contributed by atoms with Crippen LogP contribution in [0.5, 0.6) is 11.5 Å². The van der Waals surface area contributed by atoms with Gasteiger partial charge in [0.25, 0.3) is 5.91 Å². The molecule has 0 unspecified atom stereocenters. The van der Waals surface area contributed by atoms with Crippen LogP contribution in [0.2, 0.25) is 5.02 Å². The number of ether oxygens (including phenoxy) is 2. The molecule has 1 heterocycles. The Labute approximate surface area is 163 Å². The zero-order valence-corrected chi connectivity index (χ0v) is 16.2. The molecule has 2 aromatic rings. The fraction of sp³-hybridized carbons (Fsp3) is 0.333. The summed E-state index contributed by atoms with van der Waals surface area (Å²) in [6.45, 7) is 1.07. The number of amides is 1. The maximum atomic E-state index is 12.9. The second-order valence-electron chi connectivity index (χ2n) is 6.49. The van der Waals surface area contributed by atoms with Gasteiger partial charge in [-0.15, -0.1) is 0 Å². The van der Waals surface area contributed by atoms with E-state index in [4.69, 9.17) is 21.1 Å². The Bertz CT molecular complexity index is 830.